The Balaban J connectivity index is 1.46. The highest BCUT2D eigenvalue weighted by atomic mass is 16.2. The van der Waals surface area contributed by atoms with E-state index < -0.39 is 0 Å². The van der Waals surface area contributed by atoms with E-state index in [4.69, 9.17) is 0 Å². The molecule has 4 saturated carbocycles. The first kappa shape index (κ1) is 13.0. The van der Waals surface area contributed by atoms with E-state index in [1.54, 1.807) is 0 Å². The van der Waals surface area contributed by atoms with Crippen molar-refractivity contribution in [3.8, 4) is 0 Å². The Kier molecular flexibility index (Phi) is 2.07. The summed E-state index contributed by atoms with van der Waals surface area (Å²) in [7, 11) is 0. The van der Waals surface area contributed by atoms with E-state index in [1.165, 1.54) is 44.9 Å². The maximum Gasteiger partial charge on any atom is 0.228 e. The molecule has 1 heterocycles. The van der Waals surface area contributed by atoms with Crippen molar-refractivity contribution in [3.63, 3.8) is 0 Å². The zero-order chi connectivity index (χ0) is 14.7. The summed E-state index contributed by atoms with van der Waals surface area (Å²) in [6.45, 7) is 9.38. The molecule has 21 heavy (non-hydrogen) atoms. The van der Waals surface area contributed by atoms with E-state index in [0.717, 1.165) is 24.9 Å². The minimum Gasteiger partial charge on any atom is -0.342 e. The van der Waals surface area contributed by atoms with Crippen LogP contribution in [0.25, 0.3) is 0 Å². The summed E-state index contributed by atoms with van der Waals surface area (Å²) in [5.74, 6) is 2.32. The molecule has 2 atom stereocenters. The number of piperidine rings is 1. The van der Waals surface area contributed by atoms with E-state index in [9.17, 15) is 4.79 Å². The first-order valence-corrected chi connectivity index (χ1v) is 9.14. The Morgan fingerprint density at radius 2 is 1.57 bits per heavy atom. The molecule has 1 amide bonds. The van der Waals surface area contributed by atoms with Crippen LogP contribution in [0.3, 0.4) is 0 Å². The number of hydrogen-bond acceptors (Lipinski definition) is 1. The smallest absolute Gasteiger partial charge is 0.228 e. The number of hydrogen-bond donors (Lipinski definition) is 0. The van der Waals surface area contributed by atoms with Crippen LogP contribution in [0.15, 0.2) is 0 Å². The van der Waals surface area contributed by atoms with Gasteiger partial charge in [0.25, 0.3) is 0 Å². The largest absolute Gasteiger partial charge is 0.342 e. The molecule has 0 aromatic carbocycles. The lowest BCUT2D eigenvalue weighted by Crippen LogP contribution is -2.70. The second-order valence-electron chi connectivity index (χ2n) is 9.98. The van der Waals surface area contributed by atoms with E-state index in [1.807, 2.05) is 0 Å². The number of amides is 1. The quantitative estimate of drug-likeness (QED) is 0.717. The summed E-state index contributed by atoms with van der Waals surface area (Å²) < 4.78 is 0. The van der Waals surface area contributed by atoms with Gasteiger partial charge < -0.3 is 4.90 Å². The van der Waals surface area contributed by atoms with Crippen LogP contribution in [0.2, 0.25) is 0 Å². The predicted molar refractivity (Wildman–Crippen MR) is 82.6 cm³/mol. The molecule has 0 aromatic rings. The Bertz CT molecular complexity index is 510. The van der Waals surface area contributed by atoms with E-state index in [0.29, 0.717) is 22.2 Å². The van der Waals surface area contributed by atoms with Gasteiger partial charge in [0.05, 0.1) is 5.41 Å². The van der Waals surface area contributed by atoms with Gasteiger partial charge in [-0.2, -0.15) is 0 Å². The third kappa shape index (κ3) is 1.16. The lowest BCUT2D eigenvalue weighted by Gasteiger charge is -2.77. The molecule has 116 valence electrons. The number of nitrogens with zero attached hydrogens (tertiary/aromatic N) is 1. The molecule has 2 heteroatoms. The maximum atomic E-state index is 13.4. The summed E-state index contributed by atoms with van der Waals surface area (Å²) in [6.07, 6.45) is 8.90. The van der Waals surface area contributed by atoms with Crippen molar-refractivity contribution >= 4 is 5.91 Å². The molecular formula is C19H29NO. The van der Waals surface area contributed by atoms with Crippen LogP contribution < -0.4 is 0 Å². The first-order chi connectivity index (χ1) is 9.84. The number of carbonyl (C=O) groups excluding carboxylic acids is 1. The van der Waals surface area contributed by atoms with Crippen LogP contribution >= 0.6 is 0 Å². The molecule has 1 aliphatic heterocycles. The molecule has 5 fully saturated rings. The normalized spacial score (nSPS) is 57.7. The highest BCUT2D eigenvalue weighted by molar-refractivity contribution is 5.85. The minimum absolute atomic E-state index is 0.0370. The Hall–Kier alpha value is -0.530. The van der Waals surface area contributed by atoms with Crippen molar-refractivity contribution < 1.29 is 4.79 Å². The predicted octanol–water partition coefficient (Wildman–Crippen LogP) is 3.85. The van der Waals surface area contributed by atoms with Crippen LogP contribution in [0.4, 0.5) is 0 Å². The van der Waals surface area contributed by atoms with E-state index in [-0.39, 0.29) is 5.41 Å². The monoisotopic (exact) mass is 287 g/mol. The van der Waals surface area contributed by atoms with Gasteiger partial charge in [-0.05, 0) is 73.0 Å². The number of rotatable bonds is 1. The molecule has 0 aromatic heterocycles. The van der Waals surface area contributed by atoms with Gasteiger partial charge in [0.1, 0.15) is 0 Å². The molecule has 2 nitrogen and oxygen atoms in total. The highest BCUT2D eigenvalue weighted by Crippen LogP contribution is 2.93. The minimum atomic E-state index is 0.0370. The molecule has 1 spiro atoms. The average Bonchev–Trinajstić information content (AvgIpc) is 2.80. The molecule has 5 aliphatic rings. The zero-order valence-corrected chi connectivity index (χ0v) is 13.9. The summed E-state index contributed by atoms with van der Waals surface area (Å²) in [5.41, 5.74) is 1.61. The fourth-order valence-corrected chi connectivity index (χ4v) is 8.34. The van der Waals surface area contributed by atoms with Gasteiger partial charge in [-0.1, -0.05) is 20.8 Å². The Morgan fingerprint density at radius 1 is 1.00 bits per heavy atom. The van der Waals surface area contributed by atoms with Crippen LogP contribution in [0.1, 0.15) is 65.7 Å². The summed E-state index contributed by atoms with van der Waals surface area (Å²) in [4.78, 5) is 15.6. The summed E-state index contributed by atoms with van der Waals surface area (Å²) in [6, 6.07) is 0. The molecule has 4 aliphatic carbocycles. The third-order valence-corrected chi connectivity index (χ3v) is 8.84. The molecule has 1 saturated heterocycles. The number of carbonyl (C=O) groups is 1. The molecular weight excluding hydrogens is 258 g/mol. The lowest BCUT2D eigenvalue weighted by atomic mass is 9.27. The topological polar surface area (TPSA) is 20.3 Å². The van der Waals surface area contributed by atoms with Crippen molar-refractivity contribution in [1.82, 2.24) is 4.90 Å². The second-order valence-corrected chi connectivity index (χ2v) is 9.98. The number of fused-ring (bicyclic) bond motifs is 1. The molecule has 2 bridgehead atoms. The third-order valence-electron chi connectivity index (χ3n) is 8.84. The van der Waals surface area contributed by atoms with Crippen LogP contribution in [0.5, 0.6) is 0 Å². The Morgan fingerprint density at radius 3 is 2.05 bits per heavy atom. The van der Waals surface area contributed by atoms with Crippen molar-refractivity contribution in [3.05, 3.63) is 0 Å². The van der Waals surface area contributed by atoms with Crippen LogP contribution in [-0.2, 0) is 4.79 Å². The zero-order valence-electron chi connectivity index (χ0n) is 13.9. The second kappa shape index (κ2) is 3.36. The van der Waals surface area contributed by atoms with Crippen molar-refractivity contribution in [1.29, 1.82) is 0 Å². The highest BCUT2D eigenvalue weighted by Gasteiger charge is 2.87. The standard InChI is InChI=1S/C19H29NO/c1-13-4-6-20(7-5-13)15(21)18-10-16(2)8-14-9-17(3,11-18)19(14,16)12-18/h13-14H,4-12H2,1-3H3. The number of likely N-dealkylation sites (tertiary alicyclic amines) is 1. The summed E-state index contributed by atoms with van der Waals surface area (Å²) in [5, 5.41) is 0. The van der Waals surface area contributed by atoms with Crippen LogP contribution in [-0.4, -0.2) is 23.9 Å². The van der Waals surface area contributed by atoms with Gasteiger partial charge in [-0.15, -0.1) is 0 Å². The first-order valence-electron chi connectivity index (χ1n) is 9.14. The molecule has 2 unspecified atom stereocenters. The summed E-state index contributed by atoms with van der Waals surface area (Å²) >= 11 is 0. The fraction of sp³-hybridized carbons (Fsp3) is 0.947. The van der Waals surface area contributed by atoms with Crippen molar-refractivity contribution in [2.45, 2.75) is 65.7 Å². The van der Waals surface area contributed by atoms with Gasteiger partial charge in [-0.25, -0.2) is 0 Å². The molecule has 0 radical (unpaired) electrons. The van der Waals surface area contributed by atoms with E-state index >= 15 is 0 Å². The molecule has 0 N–H and O–H groups in total. The fourth-order valence-electron chi connectivity index (χ4n) is 8.34. The van der Waals surface area contributed by atoms with Gasteiger partial charge in [0, 0.05) is 13.1 Å². The Labute approximate surface area is 128 Å². The average molecular weight is 287 g/mol. The van der Waals surface area contributed by atoms with Gasteiger partial charge in [-0.3, -0.25) is 4.79 Å². The van der Waals surface area contributed by atoms with Gasteiger partial charge in [0.15, 0.2) is 0 Å². The van der Waals surface area contributed by atoms with E-state index in [2.05, 4.69) is 25.7 Å². The van der Waals surface area contributed by atoms with Crippen molar-refractivity contribution in [2.24, 2.45) is 33.5 Å². The maximum absolute atomic E-state index is 13.4. The van der Waals surface area contributed by atoms with Gasteiger partial charge in [0.2, 0.25) is 5.91 Å². The van der Waals surface area contributed by atoms with Crippen LogP contribution in [0, 0.1) is 33.5 Å². The molecule has 5 rings (SSSR count). The van der Waals surface area contributed by atoms with Gasteiger partial charge >= 0.3 is 0 Å². The SMILES string of the molecule is CC1CCN(C(=O)C23CC4(C)CC5CC(C)(C2)C54C3)CC1. The lowest BCUT2D eigenvalue weighted by molar-refractivity contribution is -0.287. The van der Waals surface area contributed by atoms with Crippen molar-refractivity contribution in [2.75, 3.05) is 13.1 Å².